The van der Waals surface area contributed by atoms with Gasteiger partial charge in [-0.25, -0.2) is 0 Å². The van der Waals surface area contributed by atoms with Crippen LogP contribution in [0.1, 0.15) is 46.1 Å². The van der Waals surface area contributed by atoms with E-state index in [-0.39, 0.29) is 17.8 Å². The van der Waals surface area contributed by atoms with Crippen molar-refractivity contribution in [3.05, 3.63) is 29.8 Å². The Kier molecular flexibility index (Phi) is 5.69. The fraction of sp³-hybridized carbons (Fsp3) is 0.632. The van der Waals surface area contributed by atoms with Crippen LogP contribution in [-0.2, 0) is 9.53 Å². The van der Waals surface area contributed by atoms with E-state index in [4.69, 9.17) is 4.74 Å². The summed E-state index contributed by atoms with van der Waals surface area (Å²) in [5, 5.41) is 3.34. The molecule has 2 rings (SSSR count). The molecule has 0 aromatic heterocycles. The first-order chi connectivity index (χ1) is 10.9. The van der Waals surface area contributed by atoms with E-state index in [1.54, 1.807) is 0 Å². The van der Waals surface area contributed by atoms with Crippen LogP contribution >= 0.6 is 0 Å². The number of hydrogen-bond donors (Lipinski definition) is 1. The second kappa shape index (κ2) is 7.35. The number of ether oxygens (including phenoxy) is 1. The first-order valence-electron chi connectivity index (χ1n) is 8.64. The lowest BCUT2D eigenvalue weighted by Crippen LogP contribution is -2.31. The minimum Gasteiger partial charge on any atom is -0.460 e. The van der Waals surface area contributed by atoms with E-state index >= 15 is 0 Å². The highest BCUT2D eigenvalue weighted by Gasteiger charge is 2.36. The molecule has 1 saturated heterocycles. The Balaban J connectivity index is 2.12. The Hall–Kier alpha value is -1.55. The second-order valence-corrected chi connectivity index (χ2v) is 7.17. The van der Waals surface area contributed by atoms with Crippen LogP contribution in [0.3, 0.4) is 0 Å². The third-order valence-electron chi connectivity index (χ3n) is 4.37. The molecule has 2 atom stereocenters. The van der Waals surface area contributed by atoms with Gasteiger partial charge in [0.1, 0.15) is 5.60 Å². The van der Waals surface area contributed by atoms with Crippen LogP contribution in [-0.4, -0.2) is 37.7 Å². The number of carbonyl (C=O) groups excluding carboxylic acids is 1. The van der Waals surface area contributed by atoms with E-state index in [9.17, 15) is 4.79 Å². The molecule has 1 aliphatic heterocycles. The monoisotopic (exact) mass is 318 g/mol. The van der Waals surface area contributed by atoms with E-state index in [0.29, 0.717) is 6.54 Å². The summed E-state index contributed by atoms with van der Waals surface area (Å²) in [7, 11) is 0. The van der Waals surface area contributed by atoms with Crippen molar-refractivity contribution in [2.24, 2.45) is 5.92 Å². The third-order valence-corrected chi connectivity index (χ3v) is 4.37. The molecular weight excluding hydrogens is 288 g/mol. The van der Waals surface area contributed by atoms with Crippen molar-refractivity contribution in [2.75, 3.05) is 31.1 Å². The average Bonchev–Trinajstić information content (AvgIpc) is 2.97. The van der Waals surface area contributed by atoms with Gasteiger partial charge in [0.15, 0.2) is 0 Å². The maximum atomic E-state index is 12.4. The summed E-state index contributed by atoms with van der Waals surface area (Å²) >= 11 is 0. The van der Waals surface area contributed by atoms with Crippen LogP contribution in [0, 0.1) is 5.92 Å². The van der Waals surface area contributed by atoms with Crippen LogP contribution in [0.5, 0.6) is 0 Å². The van der Waals surface area contributed by atoms with E-state index in [2.05, 4.69) is 48.3 Å². The van der Waals surface area contributed by atoms with Crippen LogP contribution < -0.4 is 10.2 Å². The molecule has 1 aliphatic rings. The lowest BCUT2D eigenvalue weighted by atomic mass is 9.88. The number of carbonyl (C=O) groups is 1. The van der Waals surface area contributed by atoms with Crippen molar-refractivity contribution < 1.29 is 9.53 Å². The van der Waals surface area contributed by atoms with Crippen molar-refractivity contribution in [3.8, 4) is 0 Å². The summed E-state index contributed by atoms with van der Waals surface area (Å²) in [6.07, 6.45) is 0. The molecule has 0 spiro atoms. The number of nitrogens with zero attached hydrogens (tertiary/aromatic N) is 1. The predicted molar refractivity (Wildman–Crippen MR) is 94.9 cm³/mol. The molecule has 23 heavy (non-hydrogen) atoms. The maximum absolute atomic E-state index is 12.4. The summed E-state index contributed by atoms with van der Waals surface area (Å²) in [5.74, 6) is -0.00977. The molecule has 0 bridgehead atoms. The predicted octanol–water partition coefficient (Wildman–Crippen LogP) is 3.18. The van der Waals surface area contributed by atoms with Crippen LogP contribution in [0.2, 0.25) is 0 Å². The lowest BCUT2D eigenvalue weighted by Gasteiger charge is -2.25. The van der Waals surface area contributed by atoms with Crippen LogP contribution in [0.4, 0.5) is 5.69 Å². The average molecular weight is 318 g/mol. The van der Waals surface area contributed by atoms with Crippen molar-refractivity contribution >= 4 is 11.7 Å². The quantitative estimate of drug-likeness (QED) is 0.847. The fourth-order valence-corrected chi connectivity index (χ4v) is 3.18. The normalized spacial score (nSPS) is 21.3. The lowest BCUT2D eigenvalue weighted by molar-refractivity contribution is -0.159. The SMILES string of the molecule is CCN(CC)c1ccc(C2CNCC2C(=O)OC(C)(C)C)cc1. The molecule has 1 fully saturated rings. The topological polar surface area (TPSA) is 41.6 Å². The summed E-state index contributed by atoms with van der Waals surface area (Å²) in [4.78, 5) is 14.8. The second-order valence-electron chi connectivity index (χ2n) is 7.17. The van der Waals surface area contributed by atoms with Gasteiger partial charge in [0.25, 0.3) is 0 Å². The van der Waals surface area contributed by atoms with Crippen LogP contribution in [0.15, 0.2) is 24.3 Å². The first kappa shape index (κ1) is 17.8. The third kappa shape index (κ3) is 4.47. The molecule has 128 valence electrons. The van der Waals surface area contributed by atoms with Gasteiger partial charge in [0.2, 0.25) is 0 Å². The zero-order valence-corrected chi connectivity index (χ0v) is 15.1. The number of nitrogens with one attached hydrogen (secondary N) is 1. The standard InChI is InChI=1S/C19H30N2O2/c1-6-21(7-2)15-10-8-14(9-11-15)16-12-20-13-17(16)18(22)23-19(3,4)5/h8-11,16-17,20H,6-7,12-13H2,1-5H3. The Bertz CT molecular complexity index is 515. The fourth-order valence-electron chi connectivity index (χ4n) is 3.18. The molecule has 0 amide bonds. The van der Waals surface area contributed by atoms with Gasteiger partial charge in [0, 0.05) is 37.8 Å². The van der Waals surface area contributed by atoms with Gasteiger partial charge in [-0.15, -0.1) is 0 Å². The summed E-state index contributed by atoms with van der Waals surface area (Å²) in [6.45, 7) is 13.6. The number of hydrogen-bond acceptors (Lipinski definition) is 4. The Morgan fingerprint density at radius 1 is 1.17 bits per heavy atom. The van der Waals surface area contributed by atoms with Crippen molar-refractivity contribution in [2.45, 2.75) is 46.1 Å². The highest BCUT2D eigenvalue weighted by Crippen LogP contribution is 2.31. The molecule has 2 unspecified atom stereocenters. The smallest absolute Gasteiger partial charge is 0.311 e. The zero-order chi connectivity index (χ0) is 17.0. The number of benzene rings is 1. The van der Waals surface area contributed by atoms with Crippen molar-refractivity contribution in [1.82, 2.24) is 5.32 Å². The van der Waals surface area contributed by atoms with Gasteiger partial charge in [0.05, 0.1) is 5.92 Å². The molecule has 0 radical (unpaired) electrons. The Morgan fingerprint density at radius 2 is 1.78 bits per heavy atom. The van der Waals surface area contributed by atoms with Gasteiger partial charge in [-0.05, 0) is 52.3 Å². The summed E-state index contributed by atoms with van der Waals surface area (Å²) < 4.78 is 5.58. The summed E-state index contributed by atoms with van der Waals surface area (Å²) in [6, 6.07) is 8.63. The molecule has 0 saturated carbocycles. The van der Waals surface area contributed by atoms with E-state index in [1.807, 2.05) is 20.8 Å². The maximum Gasteiger partial charge on any atom is 0.311 e. The Labute approximate surface area is 140 Å². The van der Waals surface area contributed by atoms with Crippen molar-refractivity contribution in [3.63, 3.8) is 0 Å². The van der Waals surface area contributed by atoms with Gasteiger partial charge in [-0.3, -0.25) is 4.79 Å². The van der Waals surface area contributed by atoms with E-state index < -0.39 is 5.60 Å². The molecule has 1 heterocycles. The van der Waals surface area contributed by atoms with Gasteiger partial charge in [-0.1, -0.05) is 12.1 Å². The van der Waals surface area contributed by atoms with Crippen molar-refractivity contribution in [1.29, 1.82) is 0 Å². The molecule has 1 aromatic rings. The number of rotatable bonds is 5. The summed E-state index contributed by atoms with van der Waals surface area (Å²) in [5.41, 5.74) is 2.01. The van der Waals surface area contributed by atoms with E-state index in [0.717, 1.165) is 19.6 Å². The molecule has 1 aromatic carbocycles. The molecule has 1 N–H and O–H groups in total. The van der Waals surface area contributed by atoms with Crippen LogP contribution in [0.25, 0.3) is 0 Å². The molecule has 0 aliphatic carbocycles. The highest BCUT2D eigenvalue weighted by atomic mass is 16.6. The highest BCUT2D eigenvalue weighted by molar-refractivity contribution is 5.75. The van der Waals surface area contributed by atoms with Gasteiger partial charge >= 0.3 is 5.97 Å². The first-order valence-corrected chi connectivity index (χ1v) is 8.64. The minimum atomic E-state index is -0.434. The molecular formula is C19H30N2O2. The largest absolute Gasteiger partial charge is 0.460 e. The zero-order valence-electron chi connectivity index (χ0n) is 15.1. The number of anilines is 1. The minimum absolute atomic E-state index is 0.0969. The van der Waals surface area contributed by atoms with Gasteiger partial charge in [-0.2, -0.15) is 0 Å². The molecule has 4 nitrogen and oxygen atoms in total. The van der Waals surface area contributed by atoms with Gasteiger partial charge < -0.3 is 15.0 Å². The molecule has 4 heteroatoms. The Morgan fingerprint density at radius 3 is 2.30 bits per heavy atom. The number of esters is 1. The van der Waals surface area contributed by atoms with E-state index in [1.165, 1.54) is 11.3 Å².